The predicted molar refractivity (Wildman–Crippen MR) is 187 cm³/mol. The van der Waals surface area contributed by atoms with Crippen molar-refractivity contribution in [3.05, 3.63) is 42.5 Å². The van der Waals surface area contributed by atoms with Gasteiger partial charge >= 0.3 is 36.9 Å². The van der Waals surface area contributed by atoms with Gasteiger partial charge in [-0.2, -0.15) is 0 Å². The van der Waals surface area contributed by atoms with Crippen LogP contribution >= 0.6 is 0 Å². The van der Waals surface area contributed by atoms with E-state index in [1.807, 2.05) is 9.80 Å². The van der Waals surface area contributed by atoms with Crippen molar-refractivity contribution in [1.29, 1.82) is 0 Å². The summed E-state index contributed by atoms with van der Waals surface area (Å²) in [5.74, 6) is 0.733. The van der Waals surface area contributed by atoms with Gasteiger partial charge in [-0.05, 0) is 42.5 Å². The van der Waals surface area contributed by atoms with Gasteiger partial charge in [-0.3, -0.25) is 0 Å². The molecule has 0 spiro atoms. The summed E-state index contributed by atoms with van der Waals surface area (Å²) in [5, 5.41) is 0. The molecule has 0 saturated carbocycles. The third kappa shape index (κ3) is 9.44. The lowest BCUT2D eigenvalue weighted by Gasteiger charge is -2.32. The van der Waals surface area contributed by atoms with Crippen molar-refractivity contribution in [3.8, 4) is 11.5 Å². The average Bonchev–Trinajstić information content (AvgIpc) is 4.08. The highest BCUT2D eigenvalue weighted by atomic mass is 16.8. The van der Waals surface area contributed by atoms with E-state index in [-0.39, 0.29) is 78.9 Å². The number of nitrogens with zero attached hydrogens (tertiary/aromatic N) is 3. The molecular weight excluding hydrogens is 778 g/mol. The number of carbonyl (C=O) groups is 6. The SMILES string of the molecule is O=C1OCC(CN(CC2COC(=O)O2)c2ccc(Oc3ccc(N(CC4COC(=O)O4)CC4COC(=O)O4)cc3N(CC3COC(=O)O3)CC3COC(=O)O3)cc2)O1. The van der Waals surface area contributed by atoms with Gasteiger partial charge in [0.15, 0.2) is 42.4 Å². The van der Waals surface area contributed by atoms with Crippen LogP contribution in [0.3, 0.4) is 0 Å². The van der Waals surface area contributed by atoms with E-state index < -0.39 is 73.6 Å². The molecule has 6 aliphatic rings. The highest BCUT2D eigenvalue weighted by Crippen LogP contribution is 2.38. The van der Waals surface area contributed by atoms with E-state index in [1.165, 1.54) is 0 Å². The molecule has 0 N–H and O–H groups in total. The Kier molecular flexibility index (Phi) is 11.0. The van der Waals surface area contributed by atoms with Gasteiger partial charge in [0, 0.05) is 11.4 Å². The largest absolute Gasteiger partial charge is 0.508 e. The standard InChI is InChI=1S/C36H37N3O19/c40-31-46-14-23(53-31)8-37(9-24-15-47-32(41)54-24)20-1-4-22(5-2-20)52-30-6-3-21(38(10-25-16-48-33(42)55-25)11-26-17-49-34(43)56-26)7-29(30)39(12-27-18-50-35(44)57-27)13-28-19-51-36(45)58-28/h1-7,23-28H,8-19H2. The summed E-state index contributed by atoms with van der Waals surface area (Å²) < 4.78 is 68.5. The molecule has 6 fully saturated rings. The lowest BCUT2D eigenvalue weighted by molar-refractivity contribution is 0.113. The van der Waals surface area contributed by atoms with E-state index in [0.717, 1.165) is 0 Å². The Labute approximate surface area is 328 Å². The summed E-state index contributed by atoms with van der Waals surface area (Å²) in [6, 6.07) is 12.2. The highest BCUT2D eigenvalue weighted by Gasteiger charge is 2.36. The minimum atomic E-state index is -0.829. The first-order valence-corrected chi connectivity index (χ1v) is 18.3. The first kappa shape index (κ1) is 38.1. The van der Waals surface area contributed by atoms with Crippen molar-refractivity contribution in [2.45, 2.75) is 36.6 Å². The zero-order chi connectivity index (χ0) is 40.2. The molecule has 0 amide bonds. The molecule has 2 aromatic carbocycles. The zero-order valence-corrected chi connectivity index (χ0v) is 30.6. The maximum Gasteiger partial charge on any atom is 0.508 e. The van der Waals surface area contributed by atoms with E-state index in [0.29, 0.717) is 28.6 Å². The summed E-state index contributed by atoms with van der Waals surface area (Å²) in [7, 11) is 0. The fourth-order valence-corrected chi connectivity index (χ4v) is 6.94. The van der Waals surface area contributed by atoms with Crippen LogP contribution in [0.25, 0.3) is 0 Å². The Bertz CT molecular complexity index is 1810. The van der Waals surface area contributed by atoms with E-state index in [1.54, 1.807) is 47.4 Å². The Hall–Kier alpha value is -6.74. The quantitative estimate of drug-likeness (QED) is 0.165. The summed E-state index contributed by atoms with van der Waals surface area (Å²) in [6.45, 7) is 0.997. The minimum Gasteiger partial charge on any atom is -0.455 e. The lowest BCUT2D eigenvalue weighted by Crippen LogP contribution is -2.41. The molecule has 0 aliphatic carbocycles. The maximum atomic E-state index is 11.9. The number of hydrogen-bond acceptors (Lipinski definition) is 22. The number of ether oxygens (including phenoxy) is 13. The first-order valence-electron chi connectivity index (χ1n) is 18.3. The highest BCUT2D eigenvalue weighted by molar-refractivity contribution is 5.70. The molecule has 0 bridgehead atoms. The molecule has 0 aromatic heterocycles. The van der Waals surface area contributed by atoms with Gasteiger partial charge in [0.05, 0.1) is 45.0 Å². The first-order chi connectivity index (χ1) is 28.1. The van der Waals surface area contributed by atoms with Gasteiger partial charge in [-0.15, -0.1) is 0 Å². The van der Waals surface area contributed by atoms with Crippen LogP contribution in [0, 0.1) is 0 Å². The summed E-state index contributed by atoms with van der Waals surface area (Å²) >= 11 is 0. The zero-order valence-electron chi connectivity index (χ0n) is 30.6. The van der Waals surface area contributed by atoms with Gasteiger partial charge in [0.2, 0.25) is 0 Å². The number of cyclic esters (lactones) is 12. The van der Waals surface area contributed by atoms with Crippen molar-refractivity contribution in [1.82, 2.24) is 0 Å². The Balaban J connectivity index is 1.10. The molecule has 22 heteroatoms. The second kappa shape index (κ2) is 16.8. The van der Waals surface area contributed by atoms with Crippen molar-refractivity contribution < 1.29 is 90.3 Å². The van der Waals surface area contributed by atoms with Gasteiger partial charge < -0.3 is 76.3 Å². The molecule has 2 aromatic rings. The van der Waals surface area contributed by atoms with Crippen molar-refractivity contribution in [2.75, 3.05) is 93.6 Å². The molecule has 6 unspecified atom stereocenters. The van der Waals surface area contributed by atoms with Crippen molar-refractivity contribution in [3.63, 3.8) is 0 Å². The second-order valence-corrected chi connectivity index (χ2v) is 13.8. The van der Waals surface area contributed by atoms with Crippen LogP contribution in [0.15, 0.2) is 42.5 Å². The van der Waals surface area contributed by atoms with E-state index >= 15 is 0 Å². The molecule has 8 rings (SSSR count). The number of carbonyl (C=O) groups excluding carboxylic acids is 6. The third-order valence-electron chi connectivity index (χ3n) is 9.52. The molecule has 6 atom stereocenters. The summed E-state index contributed by atoms with van der Waals surface area (Å²) in [6.07, 6.45) is -8.65. The normalized spacial score (nSPS) is 25.7. The molecule has 6 aliphatic heterocycles. The monoisotopic (exact) mass is 815 g/mol. The molecule has 58 heavy (non-hydrogen) atoms. The molecular formula is C36H37N3O19. The number of rotatable bonds is 17. The Morgan fingerprint density at radius 2 is 0.724 bits per heavy atom. The van der Waals surface area contributed by atoms with E-state index in [4.69, 9.17) is 61.6 Å². The van der Waals surface area contributed by atoms with Crippen LogP contribution in [0.5, 0.6) is 11.5 Å². The van der Waals surface area contributed by atoms with Crippen LogP contribution in [0.2, 0.25) is 0 Å². The average molecular weight is 816 g/mol. The van der Waals surface area contributed by atoms with Crippen LogP contribution in [0.1, 0.15) is 0 Å². The van der Waals surface area contributed by atoms with Crippen LogP contribution in [0.4, 0.5) is 45.8 Å². The minimum absolute atomic E-state index is 0.00312. The van der Waals surface area contributed by atoms with Gasteiger partial charge in [0.1, 0.15) is 45.4 Å². The Morgan fingerprint density at radius 1 is 0.414 bits per heavy atom. The van der Waals surface area contributed by atoms with E-state index in [9.17, 15) is 28.8 Å². The van der Waals surface area contributed by atoms with Crippen LogP contribution in [-0.2, 0) is 56.8 Å². The van der Waals surface area contributed by atoms with Gasteiger partial charge in [-0.25, -0.2) is 28.8 Å². The van der Waals surface area contributed by atoms with Gasteiger partial charge in [0.25, 0.3) is 0 Å². The van der Waals surface area contributed by atoms with Crippen LogP contribution < -0.4 is 19.4 Å². The molecule has 6 heterocycles. The summed E-state index contributed by atoms with van der Waals surface area (Å²) in [5.41, 5.74) is 1.73. The molecule has 310 valence electrons. The second-order valence-electron chi connectivity index (χ2n) is 13.8. The van der Waals surface area contributed by atoms with Crippen molar-refractivity contribution >= 4 is 54.0 Å². The number of anilines is 3. The summed E-state index contributed by atoms with van der Waals surface area (Å²) in [4.78, 5) is 76.3. The molecule has 6 saturated heterocycles. The van der Waals surface area contributed by atoms with E-state index in [2.05, 4.69) is 0 Å². The predicted octanol–water partition coefficient (Wildman–Crippen LogP) is 3.11. The third-order valence-corrected chi connectivity index (χ3v) is 9.52. The molecule has 22 nitrogen and oxygen atoms in total. The Morgan fingerprint density at radius 3 is 1.05 bits per heavy atom. The van der Waals surface area contributed by atoms with Crippen LogP contribution in [-0.4, -0.2) is 152 Å². The fourth-order valence-electron chi connectivity index (χ4n) is 6.94. The molecule has 0 radical (unpaired) electrons. The maximum absolute atomic E-state index is 11.9. The number of benzene rings is 2. The fraction of sp³-hybridized carbons (Fsp3) is 0.500. The number of hydrogen-bond donors (Lipinski definition) is 0. The van der Waals surface area contributed by atoms with Crippen molar-refractivity contribution in [2.24, 2.45) is 0 Å². The lowest BCUT2D eigenvalue weighted by atomic mass is 10.1. The topological polar surface area (TPSA) is 232 Å². The smallest absolute Gasteiger partial charge is 0.455 e. The van der Waals surface area contributed by atoms with Gasteiger partial charge in [-0.1, -0.05) is 0 Å².